The van der Waals surface area contributed by atoms with Crippen LogP contribution < -0.4 is 16.4 Å². The topological polar surface area (TPSA) is 122 Å². The van der Waals surface area contributed by atoms with Gasteiger partial charge in [0.2, 0.25) is 11.8 Å². The van der Waals surface area contributed by atoms with E-state index in [0.717, 1.165) is 19.3 Å². The summed E-state index contributed by atoms with van der Waals surface area (Å²) < 4.78 is 0. The maximum atomic E-state index is 13.5. The number of Topliss-reactive ketones (excluding diaryl/α,β-unsaturated/α-hetero) is 1. The normalized spacial score (nSPS) is 19.6. The van der Waals surface area contributed by atoms with Crippen LogP contribution in [0, 0.1) is 17.8 Å². The van der Waals surface area contributed by atoms with Gasteiger partial charge in [0, 0.05) is 13.0 Å². The average molecular weight is 435 g/mol. The van der Waals surface area contributed by atoms with Crippen LogP contribution in [0.3, 0.4) is 0 Å². The van der Waals surface area contributed by atoms with E-state index in [-0.39, 0.29) is 17.6 Å². The summed E-state index contributed by atoms with van der Waals surface area (Å²) in [5.41, 5.74) is 4.91. The number of unbranched alkanes of at least 4 members (excludes halogenated alkanes) is 1. The van der Waals surface area contributed by atoms with Crippen LogP contribution in [0.1, 0.15) is 79.1 Å². The Morgan fingerprint density at radius 2 is 1.94 bits per heavy atom. The van der Waals surface area contributed by atoms with Gasteiger partial charge in [-0.1, -0.05) is 33.6 Å². The van der Waals surface area contributed by atoms with E-state index in [4.69, 9.17) is 12.2 Å². The van der Waals surface area contributed by atoms with Crippen molar-refractivity contribution in [3.05, 3.63) is 0 Å². The molecule has 0 bridgehead atoms. The molecule has 0 radical (unpaired) electrons. The lowest BCUT2D eigenvalue weighted by Crippen LogP contribution is -2.60. The van der Waals surface area contributed by atoms with Crippen molar-refractivity contribution in [2.24, 2.45) is 11.1 Å². The van der Waals surface area contributed by atoms with Gasteiger partial charge in [-0.2, -0.15) is 0 Å². The first-order valence-electron chi connectivity index (χ1n) is 11.2. The molecule has 0 aromatic rings. The van der Waals surface area contributed by atoms with Crippen molar-refractivity contribution in [3.8, 4) is 12.3 Å². The van der Waals surface area contributed by atoms with Crippen LogP contribution in [0.15, 0.2) is 0 Å². The van der Waals surface area contributed by atoms with Crippen LogP contribution in [0.4, 0.5) is 4.79 Å². The van der Waals surface area contributed by atoms with Gasteiger partial charge in [0.15, 0.2) is 5.78 Å². The monoisotopic (exact) mass is 434 g/mol. The molecule has 4 atom stereocenters. The molecule has 1 fully saturated rings. The summed E-state index contributed by atoms with van der Waals surface area (Å²) in [6.07, 6.45) is 10.5. The Kier molecular flexibility index (Phi) is 10.5. The van der Waals surface area contributed by atoms with Gasteiger partial charge in [-0.25, -0.2) is 4.79 Å². The number of hydrogen-bond donors (Lipinski definition) is 3. The number of hydrogen-bond acceptors (Lipinski definition) is 4. The molecular weight excluding hydrogens is 396 g/mol. The van der Waals surface area contributed by atoms with Crippen molar-refractivity contribution in [1.29, 1.82) is 0 Å². The fraction of sp³-hybridized carbons (Fsp3) is 0.739. The molecule has 4 amide bonds. The molecule has 1 aliphatic heterocycles. The van der Waals surface area contributed by atoms with E-state index in [2.05, 4.69) is 23.5 Å². The number of amides is 4. The fourth-order valence-electron chi connectivity index (χ4n) is 4.12. The number of likely N-dealkylation sites (tertiary alicyclic amines) is 1. The van der Waals surface area contributed by atoms with Crippen molar-refractivity contribution in [2.45, 2.75) is 97.2 Å². The zero-order valence-corrected chi connectivity index (χ0v) is 19.3. The lowest BCUT2D eigenvalue weighted by Gasteiger charge is -2.39. The Morgan fingerprint density at radius 3 is 2.45 bits per heavy atom. The molecule has 8 heteroatoms. The summed E-state index contributed by atoms with van der Waals surface area (Å²) >= 11 is 0. The molecule has 0 aromatic carbocycles. The van der Waals surface area contributed by atoms with Gasteiger partial charge in [-0.3, -0.25) is 14.4 Å². The summed E-state index contributed by atoms with van der Waals surface area (Å²) in [5, 5.41) is 5.40. The molecule has 0 spiro atoms. The quantitative estimate of drug-likeness (QED) is 0.407. The zero-order valence-electron chi connectivity index (χ0n) is 19.3. The average Bonchev–Trinajstić information content (AvgIpc) is 3.22. The number of carbonyl (C=O) groups is 4. The van der Waals surface area contributed by atoms with E-state index < -0.39 is 29.6 Å². The SMILES string of the molecule is C#CCCC(NC(=O)C1CCCN1C(=O)C(NC(N)=O)C(C)(CC)CCCC)C(C)=O. The van der Waals surface area contributed by atoms with E-state index in [1.54, 1.807) is 0 Å². The van der Waals surface area contributed by atoms with Gasteiger partial charge in [0.1, 0.15) is 12.1 Å². The van der Waals surface area contributed by atoms with Crippen LogP contribution in [0.5, 0.6) is 0 Å². The maximum Gasteiger partial charge on any atom is 0.312 e. The number of rotatable bonds is 12. The lowest BCUT2D eigenvalue weighted by atomic mass is 9.75. The molecule has 8 nitrogen and oxygen atoms in total. The molecule has 1 saturated heterocycles. The molecular formula is C23H38N4O4. The third-order valence-electron chi connectivity index (χ3n) is 6.36. The molecule has 0 aliphatic carbocycles. The first kappa shape index (κ1) is 26.5. The van der Waals surface area contributed by atoms with Crippen LogP contribution >= 0.6 is 0 Å². The van der Waals surface area contributed by atoms with Crippen LogP contribution in [-0.2, 0) is 14.4 Å². The maximum absolute atomic E-state index is 13.5. The Bertz CT molecular complexity index is 702. The molecule has 1 rings (SSSR count). The summed E-state index contributed by atoms with van der Waals surface area (Å²) in [6.45, 7) is 7.84. The number of ketones is 1. The Labute approximate surface area is 186 Å². The van der Waals surface area contributed by atoms with Gasteiger partial charge in [-0.05, 0) is 44.4 Å². The standard InChI is InChI=1S/C23H38N4O4/c1-6-9-12-17(16(4)28)25-20(29)18-13-11-15-27(18)21(30)19(26-22(24)31)23(5,8-3)14-10-7-2/h1,17-19H,7-15H2,2-5H3,(H,25,29)(H3,24,26,31). The summed E-state index contributed by atoms with van der Waals surface area (Å²) in [5.74, 6) is 1.63. The smallest absolute Gasteiger partial charge is 0.312 e. The highest BCUT2D eigenvalue weighted by Gasteiger charge is 2.44. The Morgan fingerprint density at radius 1 is 1.26 bits per heavy atom. The molecule has 31 heavy (non-hydrogen) atoms. The first-order chi connectivity index (χ1) is 14.6. The molecule has 1 heterocycles. The van der Waals surface area contributed by atoms with Crippen molar-refractivity contribution in [2.75, 3.05) is 6.54 Å². The predicted molar refractivity (Wildman–Crippen MR) is 120 cm³/mol. The van der Waals surface area contributed by atoms with Crippen molar-refractivity contribution < 1.29 is 19.2 Å². The van der Waals surface area contributed by atoms with Crippen LogP contribution in [0.25, 0.3) is 0 Å². The minimum atomic E-state index is -0.819. The number of nitrogens with zero attached hydrogens (tertiary/aromatic N) is 1. The molecule has 0 aromatic heterocycles. The Hall–Kier alpha value is -2.56. The summed E-state index contributed by atoms with van der Waals surface area (Å²) in [4.78, 5) is 51.6. The minimum absolute atomic E-state index is 0.175. The highest BCUT2D eigenvalue weighted by atomic mass is 16.2. The van der Waals surface area contributed by atoms with Crippen LogP contribution in [0.2, 0.25) is 0 Å². The van der Waals surface area contributed by atoms with Crippen molar-refractivity contribution in [1.82, 2.24) is 15.5 Å². The highest BCUT2D eigenvalue weighted by molar-refractivity contribution is 5.94. The van der Waals surface area contributed by atoms with Crippen molar-refractivity contribution >= 4 is 23.6 Å². The van der Waals surface area contributed by atoms with Gasteiger partial charge < -0.3 is 21.3 Å². The zero-order chi connectivity index (χ0) is 23.6. The second-order valence-electron chi connectivity index (χ2n) is 8.66. The lowest BCUT2D eigenvalue weighted by molar-refractivity contribution is -0.143. The number of urea groups is 1. The number of terminal acetylenes is 1. The fourth-order valence-corrected chi connectivity index (χ4v) is 4.12. The predicted octanol–water partition coefficient (Wildman–Crippen LogP) is 2.11. The summed E-state index contributed by atoms with van der Waals surface area (Å²) in [7, 11) is 0. The van der Waals surface area contributed by atoms with E-state index in [1.165, 1.54) is 11.8 Å². The number of carbonyl (C=O) groups excluding carboxylic acids is 4. The third-order valence-corrected chi connectivity index (χ3v) is 6.36. The van der Waals surface area contributed by atoms with E-state index in [1.807, 2.05) is 13.8 Å². The first-order valence-corrected chi connectivity index (χ1v) is 11.2. The highest BCUT2D eigenvalue weighted by Crippen LogP contribution is 2.34. The van der Waals surface area contributed by atoms with Gasteiger partial charge >= 0.3 is 6.03 Å². The number of primary amides is 1. The number of nitrogens with one attached hydrogen (secondary N) is 2. The minimum Gasteiger partial charge on any atom is -0.352 e. The van der Waals surface area contributed by atoms with E-state index >= 15 is 0 Å². The van der Waals surface area contributed by atoms with Crippen molar-refractivity contribution in [3.63, 3.8) is 0 Å². The van der Waals surface area contributed by atoms with E-state index in [0.29, 0.717) is 38.6 Å². The van der Waals surface area contributed by atoms with Crippen LogP contribution in [-0.4, -0.2) is 53.2 Å². The molecule has 1 aliphatic rings. The van der Waals surface area contributed by atoms with E-state index in [9.17, 15) is 19.2 Å². The molecule has 0 saturated carbocycles. The molecule has 4 N–H and O–H groups in total. The molecule has 174 valence electrons. The second-order valence-corrected chi connectivity index (χ2v) is 8.66. The third kappa shape index (κ3) is 7.27. The second kappa shape index (κ2) is 12.3. The number of nitrogens with two attached hydrogens (primary N) is 1. The largest absolute Gasteiger partial charge is 0.352 e. The summed E-state index contributed by atoms with van der Waals surface area (Å²) in [6, 6.07) is -2.95. The van der Waals surface area contributed by atoms with Gasteiger partial charge in [0.25, 0.3) is 0 Å². The molecule has 4 unspecified atom stereocenters. The van der Waals surface area contributed by atoms with Gasteiger partial charge in [0.05, 0.1) is 6.04 Å². The Balaban J connectivity index is 3.08. The van der Waals surface area contributed by atoms with Gasteiger partial charge in [-0.15, -0.1) is 12.3 Å².